The van der Waals surface area contributed by atoms with Crippen molar-refractivity contribution in [3.8, 4) is 0 Å². The highest BCUT2D eigenvalue weighted by Gasteiger charge is 2.25. The Kier molecular flexibility index (Phi) is 5.61. The molecule has 0 unspecified atom stereocenters. The van der Waals surface area contributed by atoms with Crippen molar-refractivity contribution < 1.29 is 9.59 Å². The lowest BCUT2D eigenvalue weighted by molar-refractivity contribution is -0.118. The molecule has 2 aromatic rings. The van der Waals surface area contributed by atoms with E-state index in [9.17, 15) is 9.59 Å². The minimum Gasteiger partial charge on any atom is -0.326 e. The first kappa shape index (κ1) is 17.0. The molecular weight excluding hydrogens is 316 g/mol. The molecule has 0 radical (unpaired) electrons. The number of urea groups is 1. The molecule has 2 N–H and O–H groups in total. The van der Waals surface area contributed by atoms with Gasteiger partial charge in [-0.1, -0.05) is 30.3 Å². The molecule has 6 nitrogen and oxygen atoms in total. The highest BCUT2D eigenvalue weighted by atomic mass is 16.2. The maximum absolute atomic E-state index is 12.7. The van der Waals surface area contributed by atoms with E-state index in [1.807, 2.05) is 30.3 Å². The summed E-state index contributed by atoms with van der Waals surface area (Å²) in [6.07, 6.45) is 5.69. The molecule has 0 aliphatic carbocycles. The minimum absolute atomic E-state index is 0.181. The Morgan fingerprint density at radius 3 is 2.52 bits per heavy atom. The van der Waals surface area contributed by atoms with Gasteiger partial charge >= 0.3 is 6.03 Å². The summed E-state index contributed by atoms with van der Waals surface area (Å²) in [5.74, 6) is -0.246. The van der Waals surface area contributed by atoms with Crippen LogP contribution in [0.4, 0.5) is 10.5 Å². The lowest BCUT2D eigenvalue weighted by atomic mass is 10.1. The van der Waals surface area contributed by atoms with Crippen LogP contribution in [-0.2, 0) is 11.2 Å². The average molecular weight is 338 g/mol. The summed E-state index contributed by atoms with van der Waals surface area (Å²) < 4.78 is 0. The molecule has 0 bridgehead atoms. The number of hydrogen-bond donors (Lipinski definition) is 2. The topological polar surface area (TPSA) is 74.3 Å². The summed E-state index contributed by atoms with van der Waals surface area (Å²) in [5, 5.41) is 5.71. The van der Waals surface area contributed by atoms with E-state index in [0.29, 0.717) is 12.1 Å². The van der Waals surface area contributed by atoms with Gasteiger partial charge in [-0.05, 0) is 30.5 Å². The summed E-state index contributed by atoms with van der Waals surface area (Å²) >= 11 is 0. The van der Waals surface area contributed by atoms with Crippen LogP contribution in [0.3, 0.4) is 0 Å². The Labute approximate surface area is 147 Å². The summed E-state index contributed by atoms with van der Waals surface area (Å²) in [7, 11) is 0. The van der Waals surface area contributed by atoms with Crippen LogP contribution in [0.15, 0.2) is 54.9 Å². The second-order valence-corrected chi connectivity index (χ2v) is 6.12. The van der Waals surface area contributed by atoms with Gasteiger partial charge in [-0.25, -0.2) is 4.79 Å². The van der Waals surface area contributed by atoms with Gasteiger partial charge < -0.3 is 15.5 Å². The average Bonchev–Trinajstić information content (AvgIpc) is 3.18. The monoisotopic (exact) mass is 338 g/mol. The fourth-order valence-electron chi connectivity index (χ4n) is 2.89. The molecule has 1 aliphatic heterocycles. The second-order valence-electron chi connectivity index (χ2n) is 6.12. The van der Waals surface area contributed by atoms with E-state index >= 15 is 0 Å². The Hall–Kier alpha value is -2.89. The Morgan fingerprint density at radius 2 is 1.84 bits per heavy atom. The van der Waals surface area contributed by atoms with Crippen LogP contribution < -0.4 is 10.6 Å². The fraction of sp³-hybridized carbons (Fsp3) is 0.316. The number of nitrogens with zero attached hydrogens (tertiary/aromatic N) is 2. The number of benzene rings is 1. The van der Waals surface area contributed by atoms with Crippen molar-refractivity contribution in [2.75, 3.05) is 18.4 Å². The van der Waals surface area contributed by atoms with E-state index in [-0.39, 0.29) is 11.9 Å². The Morgan fingerprint density at radius 1 is 1.08 bits per heavy atom. The van der Waals surface area contributed by atoms with Crippen LogP contribution in [0.1, 0.15) is 18.4 Å². The molecule has 0 saturated carbocycles. The van der Waals surface area contributed by atoms with Gasteiger partial charge in [-0.15, -0.1) is 0 Å². The van der Waals surface area contributed by atoms with Crippen LogP contribution in [0.2, 0.25) is 0 Å². The highest BCUT2D eigenvalue weighted by Crippen LogP contribution is 2.11. The largest absolute Gasteiger partial charge is 0.326 e. The van der Waals surface area contributed by atoms with Gasteiger partial charge in [0.15, 0.2) is 0 Å². The number of anilines is 1. The third kappa shape index (κ3) is 4.79. The zero-order valence-corrected chi connectivity index (χ0v) is 14.0. The predicted octanol–water partition coefficient (Wildman–Crippen LogP) is 2.44. The zero-order chi connectivity index (χ0) is 17.5. The van der Waals surface area contributed by atoms with Crippen molar-refractivity contribution in [1.29, 1.82) is 0 Å². The molecule has 1 fully saturated rings. The van der Waals surface area contributed by atoms with E-state index in [4.69, 9.17) is 0 Å². The van der Waals surface area contributed by atoms with Crippen molar-refractivity contribution in [1.82, 2.24) is 15.2 Å². The number of nitrogens with one attached hydrogen (secondary N) is 2. The molecule has 25 heavy (non-hydrogen) atoms. The van der Waals surface area contributed by atoms with Crippen LogP contribution in [-0.4, -0.2) is 41.0 Å². The maximum atomic E-state index is 12.7. The van der Waals surface area contributed by atoms with Crippen molar-refractivity contribution in [2.24, 2.45) is 0 Å². The van der Waals surface area contributed by atoms with E-state index in [0.717, 1.165) is 31.5 Å². The molecule has 2 heterocycles. The van der Waals surface area contributed by atoms with Gasteiger partial charge in [0.2, 0.25) is 5.91 Å². The quantitative estimate of drug-likeness (QED) is 0.879. The number of carbonyl (C=O) groups is 2. The number of hydrogen-bond acceptors (Lipinski definition) is 3. The zero-order valence-electron chi connectivity index (χ0n) is 14.0. The van der Waals surface area contributed by atoms with Crippen molar-refractivity contribution in [3.05, 3.63) is 60.4 Å². The van der Waals surface area contributed by atoms with Gasteiger partial charge in [-0.2, -0.15) is 0 Å². The van der Waals surface area contributed by atoms with Crippen LogP contribution >= 0.6 is 0 Å². The Balaban J connectivity index is 1.70. The molecule has 1 aromatic heterocycles. The van der Waals surface area contributed by atoms with Crippen LogP contribution in [0.5, 0.6) is 0 Å². The molecule has 1 aromatic carbocycles. The summed E-state index contributed by atoms with van der Waals surface area (Å²) in [4.78, 5) is 30.9. The highest BCUT2D eigenvalue weighted by molar-refractivity contribution is 5.97. The van der Waals surface area contributed by atoms with Gasteiger partial charge in [0.1, 0.15) is 6.04 Å². The van der Waals surface area contributed by atoms with E-state index < -0.39 is 6.04 Å². The number of amides is 3. The molecule has 6 heteroatoms. The number of aromatic nitrogens is 1. The third-order valence-electron chi connectivity index (χ3n) is 4.22. The van der Waals surface area contributed by atoms with Crippen molar-refractivity contribution in [3.63, 3.8) is 0 Å². The van der Waals surface area contributed by atoms with E-state index in [2.05, 4.69) is 15.6 Å². The number of likely N-dealkylation sites (tertiary alicyclic amines) is 1. The SMILES string of the molecule is O=C(Nc1cccnc1)[C@@H](Cc1ccccc1)NC(=O)N1CCCC1. The van der Waals surface area contributed by atoms with Crippen molar-refractivity contribution >= 4 is 17.6 Å². The molecule has 3 rings (SSSR count). The maximum Gasteiger partial charge on any atom is 0.318 e. The predicted molar refractivity (Wildman–Crippen MR) is 96.1 cm³/mol. The smallest absolute Gasteiger partial charge is 0.318 e. The van der Waals surface area contributed by atoms with Crippen LogP contribution in [0.25, 0.3) is 0 Å². The van der Waals surface area contributed by atoms with Gasteiger partial charge in [0.25, 0.3) is 0 Å². The minimum atomic E-state index is -0.643. The van der Waals surface area contributed by atoms with Gasteiger partial charge in [0.05, 0.1) is 11.9 Å². The first-order chi connectivity index (χ1) is 12.2. The molecule has 3 amide bonds. The summed E-state index contributed by atoms with van der Waals surface area (Å²) in [6.45, 7) is 1.49. The number of carbonyl (C=O) groups excluding carboxylic acids is 2. The fourth-order valence-corrected chi connectivity index (χ4v) is 2.89. The first-order valence-electron chi connectivity index (χ1n) is 8.52. The normalized spacial score (nSPS) is 14.8. The number of rotatable bonds is 5. The third-order valence-corrected chi connectivity index (χ3v) is 4.22. The van der Waals surface area contributed by atoms with Gasteiger partial charge in [0, 0.05) is 25.7 Å². The Bertz CT molecular complexity index is 700. The summed E-state index contributed by atoms with van der Waals surface area (Å²) in [6, 6.07) is 12.4. The summed E-state index contributed by atoms with van der Waals surface area (Å²) in [5.41, 5.74) is 1.61. The van der Waals surface area contributed by atoms with Crippen LogP contribution in [0, 0.1) is 0 Å². The van der Waals surface area contributed by atoms with Gasteiger partial charge in [-0.3, -0.25) is 9.78 Å². The molecule has 1 aliphatic rings. The van der Waals surface area contributed by atoms with Crippen molar-refractivity contribution in [2.45, 2.75) is 25.3 Å². The van der Waals surface area contributed by atoms with E-state index in [1.165, 1.54) is 0 Å². The lowest BCUT2D eigenvalue weighted by Crippen LogP contribution is -2.49. The standard InChI is InChI=1S/C19H22N4O2/c24-18(21-16-9-6-10-20-14-16)17(13-15-7-2-1-3-8-15)22-19(25)23-11-4-5-12-23/h1-3,6-10,14,17H,4-5,11-13H2,(H,21,24)(H,22,25)/t17-/m1/s1. The number of pyridine rings is 1. The molecule has 1 saturated heterocycles. The molecule has 0 spiro atoms. The molecule has 130 valence electrons. The molecule has 1 atom stereocenters. The van der Waals surface area contributed by atoms with E-state index in [1.54, 1.807) is 29.4 Å². The second kappa shape index (κ2) is 8.28. The molecular formula is C19H22N4O2. The lowest BCUT2D eigenvalue weighted by Gasteiger charge is -2.23. The first-order valence-corrected chi connectivity index (χ1v) is 8.52.